The van der Waals surface area contributed by atoms with Gasteiger partial charge in [0.1, 0.15) is 0 Å². The molecule has 32 heteroatoms. The number of rotatable bonds is 16. The van der Waals surface area contributed by atoms with Crippen molar-refractivity contribution >= 4 is 121 Å². The quantitative estimate of drug-likeness (QED) is 0.0520. The Morgan fingerprint density at radius 2 is 0.394 bits per heavy atom. The van der Waals surface area contributed by atoms with Gasteiger partial charge in [0.15, 0.2) is 0 Å². The SMILES string of the molecule is O=S(=O)(OI(c1ccccc1)c1ccc(I(OS(=O)(=O)C(F)(F)F)c2ccc(I(OS(=O)(=O)C(F)(F)F)c3ccc(I(OS(=O)(=O)C(F)(F)F)c4ccccc4)cc3)cc2)cc1)C(F)(F)F. The molecule has 0 N–H and O–H groups in total. The zero-order chi connectivity index (χ0) is 49.3. The van der Waals surface area contributed by atoms with Crippen molar-refractivity contribution in [1.82, 2.24) is 0 Å². The Morgan fingerprint density at radius 1 is 0.258 bits per heavy atom. The Bertz CT molecular complexity index is 2730. The zero-order valence-electron chi connectivity index (χ0n) is 31.3. The van der Waals surface area contributed by atoms with Gasteiger partial charge in [0.2, 0.25) is 0 Å². The summed E-state index contributed by atoms with van der Waals surface area (Å²) in [5.41, 5.74) is -23.8. The average molecular weight is 1490 g/mol. The van der Waals surface area contributed by atoms with E-state index in [1.807, 2.05) is 0 Å². The Morgan fingerprint density at radius 3 is 0.530 bits per heavy atom. The maximum absolute atomic E-state index is 13.7. The number of hydrogen-bond acceptors (Lipinski definition) is 12. The second-order valence-electron chi connectivity index (χ2n) is 11.7. The maximum atomic E-state index is 13.7. The van der Waals surface area contributed by atoms with Gasteiger partial charge in [-0.25, -0.2) is 0 Å². The summed E-state index contributed by atoms with van der Waals surface area (Å²) >= 11 is -17.1. The monoisotopic (exact) mass is 1490 g/mol. The van der Waals surface area contributed by atoms with E-state index in [4.69, 9.17) is 0 Å². The van der Waals surface area contributed by atoms with E-state index in [0.29, 0.717) is 0 Å². The van der Waals surface area contributed by atoms with Crippen molar-refractivity contribution in [3.8, 4) is 0 Å². The molecule has 0 amide bonds. The molecule has 0 aliphatic heterocycles. The van der Waals surface area contributed by atoms with Gasteiger partial charge in [0.05, 0.1) is 0 Å². The number of alkyl halides is 12. The fourth-order valence-electron chi connectivity index (χ4n) is 4.30. The van der Waals surface area contributed by atoms with Crippen LogP contribution in [0.4, 0.5) is 52.7 Å². The van der Waals surface area contributed by atoms with Gasteiger partial charge in [0.25, 0.3) is 0 Å². The molecule has 0 spiro atoms. The first-order valence-electron chi connectivity index (χ1n) is 16.5. The Labute approximate surface area is 397 Å². The van der Waals surface area contributed by atoms with Crippen molar-refractivity contribution in [2.24, 2.45) is 0 Å². The Balaban J connectivity index is 1.58. The molecule has 0 atom stereocenters. The van der Waals surface area contributed by atoms with Crippen LogP contribution in [-0.4, -0.2) is 55.7 Å². The molecule has 0 radical (unpaired) electrons. The number of halogens is 16. The summed E-state index contributed by atoms with van der Waals surface area (Å²) in [7, 11) is -25.3. The summed E-state index contributed by atoms with van der Waals surface area (Å²) in [6.45, 7) is 0. The van der Waals surface area contributed by atoms with Gasteiger partial charge in [-0.1, -0.05) is 0 Å². The molecule has 0 aliphatic carbocycles. The third kappa shape index (κ3) is 13.2. The van der Waals surface area contributed by atoms with Gasteiger partial charge in [-0.2, -0.15) is 0 Å². The second-order valence-corrected chi connectivity index (χ2v) is 37.7. The average Bonchev–Trinajstić information content (AvgIpc) is 3.22. The summed E-state index contributed by atoms with van der Waals surface area (Å²) in [5.74, 6) is 0. The van der Waals surface area contributed by atoms with Crippen LogP contribution in [0.3, 0.4) is 0 Å². The molecule has 366 valence electrons. The first kappa shape index (κ1) is 54.8. The van der Waals surface area contributed by atoms with E-state index >= 15 is 0 Å². The normalized spacial score (nSPS) is 14.4. The number of hydrogen-bond donors (Lipinski definition) is 0. The van der Waals surface area contributed by atoms with Crippen LogP contribution in [0, 0.1) is 28.6 Å². The molecule has 0 saturated carbocycles. The Hall–Kier alpha value is -2.18. The van der Waals surface area contributed by atoms with Crippen molar-refractivity contribution in [3.05, 3.63) is 162 Å². The fraction of sp³-hybridized carbons (Fsp3) is 0.118. The van der Waals surface area contributed by atoms with Crippen LogP contribution in [0.15, 0.2) is 133 Å². The van der Waals surface area contributed by atoms with Crippen LogP contribution in [0.2, 0.25) is 0 Å². The van der Waals surface area contributed by atoms with Gasteiger partial charge in [-0.3, -0.25) is 0 Å². The van der Waals surface area contributed by atoms with E-state index in [2.05, 4.69) is 10.1 Å². The van der Waals surface area contributed by atoms with Crippen LogP contribution in [0.1, 0.15) is 0 Å². The molecular formula is C34H22F12I4O12S4. The summed E-state index contributed by atoms with van der Waals surface area (Å²) in [4.78, 5) is 0. The van der Waals surface area contributed by atoms with E-state index in [1.54, 1.807) is 0 Å². The van der Waals surface area contributed by atoms with Gasteiger partial charge in [0, 0.05) is 0 Å². The molecule has 66 heavy (non-hydrogen) atoms. The molecule has 0 aromatic heterocycles. The molecule has 12 nitrogen and oxygen atoms in total. The van der Waals surface area contributed by atoms with Crippen molar-refractivity contribution in [2.75, 3.05) is 0 Å². The third-order valence-electron chi connectivity index (χ3n) is 7.18. The van der Waals surface area contributed by atoms with Crippen molar-refractivity contribution in [3.63, 3.8) is 0 Å². The summed E-state index contributed by atoms with van der Waals surface area (Å²) in [5, 5.41) is 0. The predicted molar refractivity (Wildman–Crippen MR) is 242 cm³/mol. The molecule has 5 aromatic rings. The molecule has 0 aliphatic rings. The van der Waals surface area contributed by atoms with Crippen LogP contribution < -0.4 is 0 Å². The first-order valence-corrected chi connectivity index (χ1v) is 34.3. The fourth-order valence-corrected chi connectivity index (χ4v) is 30.0. The second kappa shape index (κ2) is 20.7. The molecule has 0 heterocycles. The van der Waals surface area contributed by atoms with Gasteiger partial charge >= 0.3 is 402 Å². The summed E-state index contributed by atoms with van der Waals surface area (Å²) < 4.78 is 277. The third-order valence-corrected chi connectivity index (χ3v) is 35.4. The Kier molecular flexibility index (Phi) is 17.1. The van der Waals surface area contributed by atoms with E-state index in [1.165, 1.54) is 60.7 Å². The van der Waals surface area contributed by atoms with Crippen LogP contribution >= 0.6 is 80.9 Å². The summed E-state index contributed by atoms with van der Waals surface area (Å²) in [6, 6.07) is 24.4. The van der Waals surface area contributed by atoms with Crippen LogP contribution in [0.25, 0.3) is 0 Å². The molecule has 5 rings (SSSR count). The standard InChI is InChI=1S/C34H22F12I4O12S4/c35-31(36,37)63(51,52)59-47(23-7-3-1-4-8-23)25-11-15-27(16-12-25)49(61-65(55,56)33(41,42)43)29-19-21-30(22-20-29)50(62-66(57,58)34(44,45)46)28-17-13-26(14-18-28)48(24-9-5-2-6-10-24)60-64(53,54)32(38,39)40/h1-22H. The molecule has 0 unspecified atom stereocenters. The molecule has 0 saturated heterocycles. The topological polar surface area (TPSA) is 173 Å². The van der Waals surface area contributed by atoms with Crippen LogP contribution in [-0.2, 0) is 50.5 Å². The van der Waals surface area contributed by atoms with Crippen LogP contribution in [0.5, 0.6) is 0 Å². The van der Waals surface area contributed by atoms with Crippen molar-refractivity contribution in [2.45, 2.75) is 22.0 Å². The summed E-state index contributed by atoms with van der Waals surface area (Å²) in [6.07, 6.45) is 0. The molecule has 0 fully saturated rings. The minimum absolute atomic E-state index is 0.00821. The molecule has 0 bridgehead atoms. The van der Waals surface area contributed by atoms with E-state index in [9.17, 15) is 86.4 Å². The van der Waals surface area contributed by atoms with E-state index < -0.39 is 143 Å². The minimum atomic E-state index is -6.44. The first-order chi connectivity index (χ1) is 30.2. The van der Waals surface area contributed by atoms with Gasteiger partial charge in [-0.05, 0) is 0 Å². The van der Waals surface area contributed by atoms with Crippen molar-refractivity contribution < 1.29 is 96.4 Å². The predicted octanol–water partition coefficient (Wildman–Crippen LogP) is 11.0. The van der Waals surface area contributed by atoms with E-state index in [-0.39, 0.29) is 28.6 Å². The van der Waals surface area contributed by atoms with E-state index in [0.717, 1.165) is 72.8 Å². The molecular weight excluding hydrogens is 1460 g/mol. The van der Waals surface area contributed by atoms with Crippen molar-refractivity contribution in [1.29, 1.82) is 0 Å². The molecule has 5 aromatic carbocycles. The van der Waals surface area contributed by atoms with Gasteiger partial charge in [-0.15, -0.1) is 0 Å². The number of benzene rings is 5. The zero-order valence-corrected chi connectivity index (χ0v) is 43.2. The van der Waals surface area contributed by atoms with Gasteiger partial charge < -0.3 is 0 Å².